The Morgan fingerprint density at radius 1 is 1.18 bits per heavy atom. The minimum Gasteiger partial charge on any atom is -0.386 e. The van der Waals surface area contributed by atoms with Crippen LogP contribution in [0.3, 0.4) is 0 Å². The van der Waals surface area contributed by atoms with Gasteiger partial charge in [0.25, 0.3) is 5.56 Å². The zero-order valence-electron chi connectivity index (χ0n) is 14.3. The van der Waals surface area contributed by atoms with E-state index in [1.54, 1.807) is 24.3 Å². The van der Waals surface area contributed by atoms with Crippen LogP contribution in [-0.4, -0.2) is 44.8 Å². The number of rotatable bonds is 5. The number of nitrogen functional groups attached to an aromatic ring is 1. The van der Waals surface area contributed by atoms with E-state index >= 15 is 0 Å². The summed E-state index contributed by atoms with van der Waals surface area (Å²) < 4.78 is 1.19. The van der Waals surface area contributed by atoms with E-state index in [1.807, 2.05) is 0 Å². The Kier molecular flexibility index (Phi) is 4.67. The van der Waals surface area contributed by atoms with Gasteiger partial charge in [0.1, 0.15) is 6.10 Å². The number of benzene rings is 1. The molecule has 0 fully saturated rings. The minimum atomic E-state index is -0.843. The highest BCUT2D eigenvalue weighted by atomic mass is 35.5. The molecule has 1 aromatic carbocycles. The van der Waals surface area contributed by atoms with Gasteiger partial charge in [-0.05, 0) is 22.9 Å². The number of hydrogen-bond acceptors (Lipinski definition) is 9. The smallest absolute Gasteiger partial charge is 0.283 e. The summed E-state index contributed by atoms with van der Waals surface area (Å²) in [6.07, 6.45) is 1.99. The van der Waals surface area contributed by atoms with E-state index < -0.39 is 11.7 Å². The standard InChI is InChI=1S/C16H14ClN9O2/c17-10-3-1-9(2-4-10)11(27)7-26-23-12(22-24-26)8-25-15(28)13-14(21-16(25)18)20-6-5-19-13/h1-6,11,27H,7-8H2,(H2,18,20,21). The Hall–Kier alpha value is -3.44. The highest BCUT2D eigenvalue weighted by molar-refractivity contribution is 6.30. The molecule has 0 radical (unpaired) electrons. The molecule has 3 heterocycles. The molecule has 0 spiro atoms. The maximum absolute atomic E-state index is 12.6. The van der Waals surface area contributed by atoms with E-state index in [4.69, 9.17) is 17.3 Å². The van der Waals surface area contributed by atoms with Crippen LogP contribution in [0, 0.1) is 0 Å². The highest BCUT2D eigenvalue weighted by Gasteiger charge is 2.15. The van der Waals surface area contributed by atoms with Crippen molar-refractivity contribution in [1.82, 2.24) is 39.7 Å². The van der Waals surface area contributed by atoms with E-state index in [9.17, 15) is 9.90 Å². The van der Waals surface area contributed by atoms with Gasteiger partial charge >= 0.3 is 0 Å². The largest absolute Gasteiger partial charge is 0.386 e. The van der Waals surface area contributed by atoms with E-state index in [2.05, 4.69) is 30.4 Å². The summed E-state index contributed by atoms with van der Waals surface area (Å²) >= 11 is 5.85. The van der Waals surface area contributed by atoms with Gasteiger partial charge < -0.3 is 10.8 Å². The Labute approximate surface area is 162 Å². The summed E-state index contributed by atoms with van der Waals surface area (Å²) in [5, 5.41) is 22.9. The van der Waals surface area contributed by atoms with E-state index in [0.29, 0.717) is 10.6 Å². The number of aliphatic hydroxyl groups excluding tert-OH is 1. The van der Waals surface area contributed by atoms with Crippen molar-refractivity contribution in [2.24, 2.45) is 0 Å². The SMILES string of the molecule is Nc1nc2nccnc2c(=O)n1Cc1nnn(CC(O)c2ccc(Cl)cc2)n1. The molecule has 0 saturated heterocycles. The first-order chi connectivity index (χ1) is 13.5. The number of halogens is 1. The molecule has 0 saturated carbocycles. The lowest BCUT2D eigenvalue weighted by molar-refractivity contribution is 0.144. The van der Waals surface area contributed by atoms with Crippen LogP contribution < -0.4 is 11.3 Å². The highest BCUT2D eigenvalue weighted by Crippen LogP contribution is 2.17. The number of nitrogens with two attached hydrogens (primary N) is 1. The molecule has 3 aromatic heterocycles. The number of hydrogen-bond donors (Lipinski definition) is 2. The molecule has 3 N–H and O–H groups in total. The Morgan fingerprint density at radius 2 is 1.93 bits per heavy atom. The molecule has 0 aliphatic rings. The van der Waals surface area contributed by atoms with Crippen molar-refractivity contribution in [3.63, 3.8) is 0 Å². The summed E-state index contributed by atoms with van der Waals surface area (Å²) in [5.41, 5.74) is 6.35. The van der Waals surface area contributed by atoms with Gasteiger partial charge in [-0.25, -0.2) is 9.97 Å². The molecule has 4 rings (SSSR count). The second-order valence-corrected chi connectivity index (χ2v) is 6.35. The lowest BCUT2D eigenvalue weighted by atomic mass is 10.1. The number of nitrogens with zero attached hydrogens (tertiary/aromatic N) is 8. The lowest BCUT2D eigenvalue weighted by Gasteiger charge is -2.09. The van der Waals surface area contributed by atoms with E-state index in [-0.39, 0.29) is 36.0 Å². The third kappa shape index (κ3) is 3.52. The van der Waals surface area contributed by atoms with E-state index in [1.165, 1.54) is 21.8 Å². The third-order valence-corrected chi connectivity index (χ3v) is 4.26. The summed E-state index contributed by atoms with van der Waals surface area (Å²) in [6, 6.07) is 6.80. The van der Waals surface area contributed by atoms with Crippen LogP contribution in [0.15, 0.2) is 41.5 Å². The van der Waals surface area contributed by atoms with Crippen LogP contribution in [0.25, 0.3) is 11.2 Å². The molecule has 1 unspecified atom stereocenters. The lowest BCUT2D eigenvalue weighted by Crippen LogP contribution is -2.26. The molecule has 0 bridgehead atoms. The van der Waals surface area contributed by atoms with Crippen molar-refractivity contribution < 1.29 is 5.11 Å². The fourth-order valence-corrected chi connectivity index (χ4v) is 2.75. The molecule has 0 aliphatic carbocycles. The minimum absolute atomic E-state index is 0.0319. The fourth-order valence-electron chi connectivity index (χ4n) is 2.62. The van der Waals surface area contributed by atoms with Gasteiger partial charge in [0.05, 0.1) is 13.1 Å². The first-order valence-corrected chi connectivity index (χ1v) is 8.56. The van der Waals surface area contributed by atoms with Crippen molar-refractivity contribution in [3.05, 3.63) is 63.4 Å². The van der Waals surface area contributed by atoms with Gasteiger partial charge in [0, 0.05) is 17.4 Å². The zero-order chi connectivity index (χ0) is 19.7. The maximum atomic E-state index is 12.6. The molecular formula is C16H14ClN9O2. The van der Waals surface area contributed by atoms with Gasteiger partial charge in [-0.3, -0.25) is 9.36 Å². The van der Waals surface area contributed by atoms with Crippen LogP contribution in [0.5, 0.6) is 0 Å². The maximum Gasteiger partial charge on any atom is 0.283 e. The van der Waals surface area contributed by atoms with Crippen LogP contribution >= 0.6 is 11.6 Å². The van der Waals surface area contributed by atoms with Crippen molar-refractivity contribution in [2.45, 2.75) is 19.2 Å². The second-order valence-electron chi connectivity index (χ2n) is 5.92. The summed E-state index contributed by atoms with van der Waals surface area (Å²) in [7, 11) is 0. The normalized spacial score (nSPS) is 12.4. The molecule has 11 nitrogen and oxygen atoms in total. The van der Waals surface area contributed by atoms with Crippen molar-refractivity contribution in [3.8, 4) is 0 Å². The Bertz CT molecular complexity index is 1190. The molecule has 1 atom stereocenters. The quantitative estimate of drug-likeness (QED) is 0.479. The summed E-state index contributed by atoms with van der Waals surface area (Å²) in [5.74, 6) is 0.206. The molecule has 0 aliphatic heterocycles. The fraction of sp³-hybridized carbons (Fsp3) is 0.188. The first kappa shape index (κ1) is 17.9. The number of anilines is 1. The molecule has 0 amide bonds. The number of tetrazole rings is 1. The van der Waals surface area contributed by atoms with Gasteiger partial charge in [0.15, 0.2) is 17.0 Å². The molecule has 12 heteroatoms. The number of aliphatic hydroxyl groups is 1. The third-order valence-electron chi connectivity index (χ3n) is 4.01. The van der Waals surface area contributed by atoms with Gasteiger partial charge in [-0.15, -0.1) is 10.2 Å². The van der Waals surface area contributed by atoms with E-state index in [0.717, 1.165) is 0 Å². The molecule has 142 valence electrons. The topological polar surface area (TPSA) is 151 Å². The van der Waals surface area contributed by atoms with Crippen LogP contribution in [0.2, 0.25) is 5.02 Å². The Morgan fingerprint density at radius 3 is 2.71 bits per heavy atom. The molecule has 28 heavy (non-hydrogen) atoms. The molecule has 4 aromatic rings. The molecular weight excluding hydrogens is 386 g/mol. The number of aromatic nitrogens is 8. The monoisotopic (exact) mass is 399 g/mol. The predicted octanol–water partition coefficient (Wildman–Crippen LogP) is 0.190. The first-order valence-electron chi connectivity index (χ1n) is 8.18. The Balaban J connectivity index is 1.55. The average molecular weight is 400 g/mol. The van der Waals surface area contributed by atoms with Crippen LogP contribution in [-0.2, 0) is 13.1 Å². The second kappa shape index (κ2) is 7.29. The van der Waals surface area contributed by atoms with Gasteiger partial charge in [-0.2, -0.15) is 9.78 Å². The summed E-state index contributed by atoms with van der Waals surface area (Å²) in [4.78, 5) is 25.8. The van der Waals surface area contributed by atoms with Crippen molar-refractivity contribution in [2.75, 3.05) is 5.73 Å². The average Bonchev–Trinajstić information content (AvgIpc) is 3.12. The van der Waals surface area contributed by atoms with Crippen molar-refractivity contribution >= 4 is 28.7 Å². The predicted molar refractivity (Wildman–Crippen MR) is 99.3 cm³/mol. The van der Waals surface area contributed by atoms with Crippen LogP contribution in [0.4, 0.5) is 5.95 Å². The number of fused-ring (bicyclic) bond motifs is 1. The van der Waals surface area contributed by atoms with Crippen LogP contribution in [0.1, 0.15) is 17.5 Å². The van der Waals surface area contributed by atoms with Crippen molar-refractivity contribution in [1.29, 1.82) is 0 Å². The summed E-state index contributed by atoms with van der Waals surface area (Å²) in [6.45, 7) is 0.0433. The van der Waals surface area contributed by atoms with Gasteiger partial charge in [-0.1, -0.05) is 23.7 Å². The van der Waals surface area contributed by atoms with Gasteiger partial charge in [0.2, 0.25) is 5.95 Å². The zero-order valence-corrected chi connectivity index (χ0v) is 15.1.